The number of carbonyl (C=O) groups excluding carboxylic acids is 1. The topological polar surface area (TPSA) is 86.9 Å². The van der Waals surface area contributed by atoms with Crippen LogP contribution in [0.4, 0.5) is 5.69 Å². The van der Waals surface area contributed by atoms with Crippen molar-refractivity contribution in [2.24, 2.45) is 11.7 Å². The number of nitrogens with two attached hydrogens (primary N) is 2. The van der Waals surface area contributed by atoms with Crippen molar-refractivity contribution >= 4 is 11.6 Å². The molecule has 4 N–H and O–H groups in total. The van der Waals surface area contributed by atoms with Crippen molar-refractivity contribution < 1.29 is 4.79 Å². The molecule has 0 radical (unpaired) electrons. The maximum Gasteiger partial charge on any atom is 0.271 e. The van der Waals surface area contributed by atoms with Crippen LogP contribution < -0.4 is 11.5 Å². The first-order valence-corrected chi connectivity index (χ1v) is 5.28. The Balaban J connectivity index is 2.34. The standard InChI is InChI=1S/C10H16N4O/c1-2-7-8(11)9(10(12)15)13-14(7)5-6-3-4-6/h6H,2-5,11H2,1H3,(H2,12,15). The molecule has 1 heterocycles. The van der Waals surface area contributed by atoms with Crippen LogP contribution in [0, 0.1) is 5.92 Å². The molecule has 0 saturated heterocycles. The van der Waals surface area contributed by atoms with E-state index in [2.05, 4.69) is 5.10 Å². The van der Waals surface area contributed by atoms with Gasteiger partial charge >= 0.3 is 0 Å². The van der Waals surface area contributed by atoms with Gasteiger partial charge in [0, 0.05) is 6.54 Å². The second kappa shape index (κ2) is 3.56. The Morgan fingerprint density at radius 3 is 2.73 bits per heavy atom. The van der Waals surface area contributed by atoms with Crippen molar-refractivity contribution in [3.05, 3.63) is 11.4 Å². The zero-order valence-electron chi connectivity index (χ0n) is 8.86. The smallest absolute Gasteiger partial charge is 0.271 e. The third-order valence-electron chi connectivity index (χ3n) is 2.79. The Labute approximate surface area is 88.4 Å². The van der Waals surface area contributed by atoms with Crippen LogP contribution >= 0.6 is 0 Å². The van der Waals surface area contributed by atoms with Gasteiger partial charge in [-0.3, -0.25) is 9.48 Å². The molecule has 1 aromatic rings. The molecule has 1 saturated carbocycles. The number of hydrogen-bond acceptors (Lipinski definition) is 3. The van der Waals surface area contributed by atoms with Crippen molar-refractivity contribution in [1.82, 2.24) is 9.78 Å². The third kappa shape index (κ3) is 1.82. The second-order valence-electron chi connectivity index (χ2n) is 4.05. The number of carbonyl (C=O) groups is 1. The van der Waals surface area contributed by atoms with Crippen molar-refractivity contribution in [3.63, 3.8) is 0 Å². The van der Waals surface area contributed by atoms with Crippen molar-refractivity contribution in [1.29, 1.82) is 0 Å². The van der Waals surface area contributed by atoms with E-state index in [4.69, 9.17) is 11.5 Å². The minimum absolute atomic E-state index is 0.215. The summed E-state index contributed by atoms with van der Waals surface area (Å²) in [5, 5.41) is 4.18. The van der Waals surface area contributed by atoms with Gasteiger partial charge in [0.1, 0.15) is 0 Å². The molecule has 1 aliphatic rings. The lowest BCUT2D eigenvalue weighted by atomic mass is 10.2. The van der Waals surface area contributed by atoms with Gasteiger partial charge in [0.2, 0.25) is 0 Å². The maximum absolute atomic E-state index is 11.1. The highest BCUT2D eigenvalue weighted by atomic mass is 16.1. The van der Waals surface area contributed by atoms with Crippen LogP contribution in [0.25, 0.3) is 0 Å². The first-order chi connectivity index (χ1) is 7.13. The number of rotatable bonds is 4. The van der Waals surface area contributed by atoms with Crippen LogP contribution in [-0.2, 0) is 13.0 Å². The molecule has 15 heavy (non-hydrogen) atoms. The molecule has 0 bridgehead atoms. The molecule has 1 fully saturated rings. The number of nitrogen functional groups attached to an aromatic ring is 1. The number of primary amides is 1. The van der Waals surface area contributed by atoms with Crippen molar-refractivity contribution in [3.8, 4) is 0 Å². The van der Waals surface area contributed by atoms with Crippen LogP contribution in [0.15, 0.2) is 0 Å². The predicted octanol–water partition coefficient (Wildman–Crippen LogP) is 0.537. The molecule has 0 spiro atoms. The summed E-state index contributed by atoms with van der Waals surface area (Å²) in [4.78, 5) is 11.1. The lowest BCUT2D eigenvalue weighted by Gasteiger charge is -2.04. The number of hydrogen-bond donors (Lipinski definition) is 2. The Bertz CT molecular complexity index is 392. The molecule has 1 aliphatic carbocycles. The minimum Gasteiger partial charge on any atom is -0.395 e. The van der Waals surface area contributed by atoms with E-state index in [0.29, 0.717) is 11.6 Å². The van der Waals surface area contributed by atoms with E-state index in [-0.39, 0.29) is 5.69 Å². The van der Waals surface area contributed by atoms with Gasteiger partial charge in [-0.2, -0.15) is 5.10 Å². The monoisotopic (exact) mass is 208 g/mol. The highest BCUT2D eigenvalue weighted by molar-refractivity contribution is 5.96. The Hall–Kier alpha value is -1.52. The highest BCUT2D eigenvalue weighted by Gasteiger charge is 2.25. The second-order valence-corrected chi connectivity index (χ2v) is 4.05. The Morgan fingerprint density at radius 2 is 2.27 bits per heavy atom. The van der Waals surface area contributed by atoms with Crippen LogP contribution in [0.5, 0.6) is 0 Å². The van der Waals surface area contributed by atoms with E-state index in [1.165, 1.54) is 12.8 Å². The molecule has 82 valence electrons. The fraction of sp³-hybridized carbons (Fsp3) is 0.600. The fourth-order valence-corrected chi connectivity index (χ4v) is 1.76. The molecule has 1 aromatic heterocycles. The van der Waals surface area contributed by atoms with E-state index in [1.807, 2.05) is 11.6 Å². The van der Waals surface area contributed by atoms with Crippen molar-refractivity contribution in [2.45, 2.75) is 32.7 Å². The molecule has 2 rings (SSSR count). The summed E-state index contributed by atoms with van der Waals surface area (Å²) in [6, 6.07) is 0. The largest absolute Gasteiger partial charge is 0.395 e. The zero-order valence-corrected chi connectivity index (χ0v) is 8.86. The lowest BCUT2D eigenvalue weighted by molar-refractivity contribution is 0.0995. The zero-order chi connectivity index (χ0) is 11.0. The molecule has 0 aromatic carbocycles. The van der Waals surface area contributed by atoms with Gasteiger partial charge in [-0.05, 0) is 25.2 Å². The van der Waals surface area contributed by atoms with Crippen LogP contribution in [0.3, 0.4) is 0 Å². The molecule has 5 heteroatoms. The number of nitrogens with zero attached hydrogens (tertiary/aromatic N) is 2. The SMILES string of the molecule is CCc1c(N)c(C(N)=O)nn1CC1CC1. The molecule has 5 nitrogen and oxygen atoms in total. The lowest BCUT2D eigenvalue weighted by Crippen LogP contribution is -2.14. The van der Waals surface area contributed by atoms with Crippen LogP contribution in [0.2, 0.25) is 0 Å². The van der Waals surface area contributed by atoms with Gasteiger partial charge in [0.15, 0.2) is 5.69 Å². The summed E-state index contributed by atoms with van der Waals surface area (Å²) in [6.07, 6.45) is 3.27. The summed E-state index contributed by atoms with van der Waals surface area (Å²) in [6.45, 7) is 2.86. The molecule has 0 atom stereocenters. The minimum atomic E-state index is -0.545. The summed E-state index contributed by atoms with van der Waals surface area (Å²) >= 11 is 0. The third-order valence-corrected chi connectivity index (χ3v) is 2.79. The quantitative estimate of drug-likeness (QED) is 0.757. The van der Waals surface area contributed by atoms with E-state index in [9.17, 15) is 4.79 Å². The van der Waals surface area contributed by atoms with E-state index < -0.39 is 5.91 Å². The van der Waals surface area contributed by atoms with Gasteiger partial charge in [-0.15, -0.1) is 0 Å². The Morgan fingerprint density at radius 1 is 1.60 bits per heavy atom. The summed E-state index contributed by atoms with van der Waals surface area (Å²) < 4.78 is 1.84. The summed E-state index contributed by atoms with van der Waals surface area (Å²) in [5.41, 5.74) is 12.6. The molecule has 0 aliphatic heterocycles. The molecule has 0 unspecified atom stereocenters. The van der Waals surface area contributed by atoms with E-state index in [0.717, 1.165) is 18.7 Å². The van der Waals surface area contributed by atoms with Gasteiger partial charge < -0.3 is 11.5 Å². The molecular formula is C10H16N4O. The summed E-state index contributed by atoms with van der Waals surface area (Å²) in [7, 11) is 0. The van der Waals surface area contributed by atoms with Gasteiger partial charge in [-0.1, -0.05) is 6.92 Å². The summed E-state index contributed by atoms with van der Waals surface area (Å²) in [5.74, 6) is 0.159. The van der Waals surface area contributed by atoms with Gasteiger partial charge in [0.05, 0.1) is 11.4 Å². The van der Waals surface area contributed by atoms with Gasteiger partial charge in [-0.25, -0.2) is 0 Å². The highest BCUT2D eigenvalue weighted by Crippen LogP contribution is 2.31. The predicted molar refractivity (Wildman–Crippen MR) is 57.3 cm³/mol. The van der Waals surface area contributed by atoms with Crippen LogP contribution in [0.1, 0.15) is 35.9 Å². The number of anilines is 1. The number of aromatic nitrogens is 2. The maximum atomic E-state index is 11.1. The molecular weight excluding hydrogens is 192 g/mol. The Kier molecular flexibility index (Phi) is 2.38. The average molecular weight is 208 g/mol. The normalized spacial score (nSPS) is 15.5. The van der Waals surface area contributed by atoms with Crippen LogP contribution in [-0.4, -0.2) is 15.7 Å². The first kappa shape index (κ1) is 10.0. The fourth-order valence-electron chi connectivity index (χ4n) is 1.76. The number of amides is 1. The van der Waals surface area contributed by atoms with Gasteiger partial charge in [0.25, 0.3) is 5.91 Å². The first-order valence-electron chi connectivity index (χ1n) is 5.28. The molecule has 1 amide bonds. The van der Waals surface area contributed by atoms with E-state index in [1.54, 1.807) is 0 Å². The average Bonchev–Trinajstić information content (AvgIpc) is 2.91. The van der Waals surface area contributed by atoms with Crippen molar-refractivity contribution in [2.75, 3.05) is 5.73 Å². The van der Waals surface area contributed by atoms with E-state index >= 15 is 0 Å².